The molecule has 2 atom stereocenters. The zero-order chi connectivity index (χ0) is 29.9. The molecule has 0 saturated carbocycles. The number of aromatic nitrogens is 3. The highest BCUT2D eigenvalue weighted by atomic mass is 32.2. The molecule has 0 spiro atoms. The number of nitrogens with zero attached hydrogens (tertiary/aromatic N) is 3. The van der Waals surface area contributed by atoms with Crippen LogP contribution in [0.5, 0.6) is 11.6 Å². The number of halogens is 6. The molecule has 3 heterocycles. The van der Waals surface area contributed by atoms with Crippen molar-refractivity contribution in [2.75, 3.05) is 28.9 Å². The molecule has 1 saturated heterocycles. The number of sulfonamides is 1. The van der Waals surface area contributed by atoms with Crippen LogP contribution in [-0.4, -0.2) is 60.3 Å². The van der Waals surface area contributed by atoms with Gasteiger partial charge in [-0.3, -0.25) is 4.72 Å². The third-order valence-corrected chi connectivity index (χ3v) is 7.39. The molecule has 222 valence electrons. The molecule has 1 aromatic carbocycles. The molecule has 3 aromatic rings. The second-order valence-electron chi connectivity index (χ2n) is 9.44. The van der Waals surface area contributed by atoms with E-state index in [1.54, 1.807) is 13.0 Å². The zero-order valence-electron chi connectivity index (χ0n) is 21.8. The quantitative estimate of drug-likeness (QED) is 0.220. The molecule has 9 nitrogen and oxygen atoms in total. The van der Waals surface area contributed by atoms with E-state index in [0.717, 1.165) is 6.92 Å². The molecular formula is C25H26F6N6O3S. The number of ether oxygens (including phenoxy) is 1. The standard InChI is InChI=1S/C25H26F6N6O3S/c1-3-25(30,31)12-41(38,39)37-22-17(27)9-19(20(28)21(22)29)40-23-16(5-4-13(2)34-23)18-6-7-33-24(36-18)35-15-8-14(26)10-32-11-15/h4-7,9,14-15,32,37H,3,8,10-12H2,1-2H3,(H,33,35,36)/t14-,15?/m0/s1. The van der Waals surface area contributed by atoms with Crippen molar-refractivity contribution in [3.63, 3.8) is 0 Å². The van der Waals surface area contributed by atoms with Gasteiger partial charge in [-0.05, 0) is 25.1 Å². The fourth-order valence-electron chi connectivity index (χ4n) is 3.98. The second kappa shape index (κ2) is 12.1. The van der Waals surface area contributed by atoms with Crippen LogP contribution in [0.4, 0.5) is 38.0 Å². The lowest BCUT2D eigenvalue weighted by Crippen LogP contribution is -2.44. The van der Waals surface area contributed by atoms with Crippen LogP contribution < -0.4 is 20.1 Å². The highest BCUT2D eigenvalue weighted by Crippen LogP contribution is 2.36. The lowest BCUT2D eigenvalue weighted by Gasteiger charge is -2.26. The molecule has 1 fully saturated rings. The maximum atomic E-state index is 14.9. The Morgan fingerprint density at radius 2 is 1.88 bits per heavy atom. The van der Waals surface area contributed by atoms with E-state index in [0.29, 0.717) is 18.3 Å². The van der Waals surface area contributed by atoms with Gasteiger partial charge in [-0.15, -0.1) is 0 Å². The Balaban J connectivity index is 1.62. The van der Waals surface area contributed by atoms with E-state index in [2.05, 4.69) is 25.6 Å². The predicted molar refractivity (Wildman–Crippen MR) is 139 cm³/mol. The number of rotatable bonds is 10. The van der Waals surface area contributed by atoms with Crippen LogP contribution in [0.15, 0.2) is 30.5 Å². The SMILES string of the molecule is CCC(F)(F)CS(=O)(=O)Nc1c(F)cc(Oc2nc(C)ccc2-c2ccnc(NC3CNC[C@@H](F)C3)n2)c(F)c1F. The Labute approximate surface area is 231 Å². The minimum atomic E-state index is -4.95. The minimum Gasteiger partial charge on any atom is -0.435 e. The normalized spacial score (nSPS) is 17.8. The summed E-state index contributed by atoms with van der Waals surface area (Å²) in [5, 5.41) is 5.97. The van der Waals surface area contributed by atoms with Gasteiger partial charge in [-0.2, -0.15) is 4.39 Å². The molecule has 2 aromatic heterocycles. The summed E-state index contributed by atoms with van der Waals surface area (Å²) in [4.78, 5) is 12.7. The molecule has 41 heavy (non-hydrogen) atoms. The summed E-state index contributed by atoms with van der Waals surface area (Å²) in [6, 6.07) is 4.65. The van der Waals surface area contributed by atoms with Crippen molar-refractivity contribution >= 4 is 21.7 Å². The van der Waals surface area contributed by atoms with Crippen LogP contribution in [0.2, 0.25) is 0 Å². The van der Waals surface area contributed by atoms with E-state index in [1.807, 2.05) is 0 Å². The van der Waals surface area contributed by atoms with E-state index >= 15 is 0 Å². The van der Waals surface area contributed by atoms with Gasteiger partial charge in [-0.25, -0.2) is 45.3 Å². The number of hydrogen-bond donors (Lipinski definition) is 3. The number of hydrogen-bond acceptors (Lipinski definition) is 8. The third kappa shape index (κ3) is 7.55. The van der Waals surface area contributed by atoms with Crippen LogP contribution in [0, 0.1) is 24.4 Å². The fraction of sp³-hybridized carbons (Fsp3) is 0.400. The molecule has 0 amide bonds. The fourth-order valence-corrected chi connectivity index (χ4v) is 5.31. The van der Waals surface area contributed by atoms with Gasteiger partial charge in [-0.1, -0.05) is 6.92 Å². The predicted octanol–water partition coefficient (Wildman–Crippen LogP) is 4.96. The van der Waals surface area contributed by atoms with Crippen LogP contribution >= 0.6 is 0 Å². The van der Waals surface area contributed by atoms with Gasteiger partial charge in [0.25, 0.3) is 5.92 Å². The van der Waals surface area contributed by atoms with Crippen molar-refractivity contribution in [2.45, 2.75) is 44.8 Å². The average Bonchev–Trinajstić information content (AvgIpc) is 2.89. The first kappa shape index (κ1) is 30.3. The summed E-state index contributed by atoms with van der Waals surface area (Å²) in [7, 11) is -4.95. The van der Waals surface area contributed by atoms with Crippen molar-refractivity contribution in [2.24, 2.45) is 0 Å². The Bertz CT molecular complexity index is 1530. The van der Waals surface area contributed by atoms with Crippen LogP contribution in [0.3, 0.4) is 0 Å². The lowest BCUT2D eigenvalue weighted by atomic mass is 10.1. The van der Waals surface area contributed by atoms with E-state index in [1.165, 1.54) is 23.1 Å². The van der Waals surface area contributed by atoms with E-state index in [-0.39, 0.29) is 42.1 Å². The summed E-state index contributed by atoms with van der Waals surface area (Å²) >= 11 is 0. The van der Waals surface area contributed by atoms with Crippen molar-refractivity contribution < 1.29 is 39.5 Å². The van der Waals surface area contributed by atoms with Gasteiger partial charge in [0.05, 0.1) is 11.3 Å². The Kier molecular flexibility index (Phi) is 8.91. The number of aryl methyl sites for hydroxylation is 1. The first-order chi connectivity index (χ1) is 19.3. The highest BCUT2D eigenvalue weighted by Gasteiger charge is 2.35. The molecule has 0 radical (unpaired) electrons. The van der Waals surface area contributed by atoms with Crippen molar-refractivity contribution in [3.05, 3.63) is 53.6 Å². The van der Waals surface area contributed by atoms with E-state index in [9.17, 15) is 34.8 Å². The first-order valence-corrected chi connectivity index (χ1v) is 14.1. The lowest BCUT2D eigenvalue weighted by molar-refractivity contribution is 0.0219. The molecule has 0 aliphatic carbocycles. The Hall–Kier alpha value is -3.66. The summed E-state index contributed by atoms with van der Waals surface area (Å²) in [6.45, 7) is 3.34. The first-order valence-electron chi connectivity index (χ1n) is 12.4. The molecular weight excluding hydrogens is 578 g/mol. The second-order valence-corrected chi connectivity index (χ2v) is 11.2. The van der Waals surface area contributed by atoms with E-state index in [4.69, 9.17) is 4.74 Å². The van der Waals surface area contributed by atoms with Gasteiger partial charge in [0.1, 0.15) is 17.6 Å². The monoisotopic (exact) mass is 604 g/mol. The number of benzene rings is 1. The maximum absolute atomic E-state index is 14.9. The van der Waals surface area contributed by atoms with Crippen LogP contribution in [-0.2, 0) is 10.0 Å². The summed E-state index contributed by atoms with van der Waals surface area (Å²) in [5.74, 6) is -12.0. The average molecular weight is 605 g/mol. The summed E-state index contributed by atoms with van der Waals surface area (Å²) < 4.78 is 116. The molecule has 3 N–H and O–H groups in total. The van der Waals surface area contributed by atoms with Gasteiger partial charge >= 0.3 is 0 Å². The number of alkyl halides is 3. The maximum Gasteiger partial charge on any atom is 0.263 e. The zero-order valence-corrected chi connectivity index (χ0v) is 22.6. The molecule has 0 bridgehead atoms. The number of anilines is 2. The number of nitrogens with one attached hydrogen (secondary N) is 3. The van der Waals surface area contributed by atoms with E-state index < -0.39 is 63.2 Å². The summed E-state index contributed by atoms with van der Waals surface area (Å²) in [6.07, 6.45) is -0.239. The minimum absolute atomic E-state index is 0.156. The van der Waals surface area contributed by atoms with Crippen molar-refractivity contribution in [3.8, 4) is 22.9 Å². The largest absolute Gasteiger partial charge is 0.435 e. The van der Waals surface area contributed by atoms with Gasteiger partial charge in [0.2, 0.25) is 27.7 Å². The Morgan fingerprint density at radius 1 is 1.12 bits per heavy atom. The van der Waals surface area contributed by atoms with Crippen LogP contribution in [0.1, 0.15) is 25.5 Å². The number of piperidine rings is 1. The molecule has 16 heteroatoms. The number of pyridine rings is 1. The van der Waals surface area contributed by atoms with Crippen LogP contribution in [0.25, 0.3) is 11.3 Å². The Morgan fingerprint density at radius 3 is 2.59 bits per heavy atom. The van der Waals surface area contributed by atoms with Crippen molar-refractivity contribution in [1.29, 1.82) is 0 Å². The molecule has 1 aliphatic rings. The van der Waals surface area contributed by atoms with Crippen molar-refractivity contribution in [1.82, 2.24) is 20.3 Å². The molecule has 1 aliphatic heterocycles. The summed E-state index contributed by atoms with van der Waals surface area (Å²) in [5.41, 5.74) is -0.675. The molecule has 4 rings (SSSR count). The third-order valence-electron chi connectivity index (χ3n) is 6.07. The highest BCUT2D eigenvalue weighted by molar-refractivity contribution is 7.92. The van der Waals surface area contributed by atoms with Gasteiger partial charge in [0.15, 0.2) is 17.4 Å². The molecule has 1 unspecified atom stereocenters. The van der Waals surface area contributed by atoms with Gasteiger partial charge < -0.3 is 15.4 Å². The van der Waals surface area contributed by atoms with Gasteiger partial charge in [0, 0.05) is 49.9 Å². The smallest absolute Gasteiger partial charge is 0.263 e. The topological polar surface area (TPSA) is 118 Å².